The van der Waals surface area contributed by atoms with E-state index in [1.54, 1.807) is 12.1 Å². The van der Waals surface area contributed by atoms with Crippen molar-refractivity contribution in [2.75, 3.05) is 6.61 Å². The highest BCUT2D eigenvalue weighted by molar-refractivity contribution is 5.64. The van der Waals surface area contributed by atoms with Gasteiger partial charge in [0.1, 0.15) is 12.4 Å². The van der Waals surface area contributed by atoms with Gasteiger partial charge in [0.15, 0.2) is 0 Å². The maximum absolute atomic E-state index is 8.75. The molecule has 0 fully saturated rings. The maximum atomic E-state index is 8.75. The second-order valence-electron chi connectivity index (χ2n) is 3.97. The number of nitrogens with zero attached hydrogens (tertiary/aromatic N) is 2. The Morgan fingerprint density at radius 2 is 1.42 bits per heavy atom. The van der Waals surface area contributed by atoms with E-state index in [0.29, 0.717) is 18.6 Å². The van der Waals surface area contributed by atoms with Gasteiger partial charge in [-0.3, -0.25) is 0 Å². The number of ether oxygens (including phenoxy) is 1. The summed E-state index contributed by atoms with van der Waals surface area (Å²) in [6, 6.07) is 19.3. The van der Waals surface area contributed by atoms with Crippen LogP contribution >= 0.6 is 0 Å². The van der Waals surface area contributed by atoms with Gasteiger partial charge in [0.05, 0.1) is 24.1 Å². The first-order valence-electron chi connectivity index (χ1n) is 5.94. The van der Waals surface area contributed by atoms with Gasteiger partial charge in [0.25, 0.3) is 0 Å². The zero-order valence-electron chi connectivity index (χ0n) is 10.3. The van der Waals surface area contributed by atoms with Crippen LogP contribution in [0.1, 0.15) is 12.0 Å². The number of rotatable bonds is 4. The van der Waals surface area contributed by atoms with Gasteiger partial charge in [-0.2, -0.15) is 10.5 Å². The molecule has 0 aliphatic rings. The van der Waals surface area contributed by atoms with Crippen molar-refractivity contribution in [3.63, 3.8) is 0 Å². The largest absolute Gasteiger partial charge is 0.493 e. The van der Waals surface area contributed by atoms with Crippen molar-refractivity contribution in [1.29, 1.82) is 10.5 Å². The average Bonchev–Trinajstić information content (AvgIpc) is 2.48. The van der Waals surface area contributed by atoms with Gasteiger partial charge in [-0.1, -0.05) is 24.3 Å². The molecule has 0 bridgehead atoms. The molecule has 0 aliphatic heterocycles. The molecule has 0 saturated carbocycles. The van der Waals surface area contributed by atoms with Crippen molar-refractivity contribution in [3.05, 3.63) is 54.1 Å². The first-order chi connectivity index (χ1) is 9.33. The van der Waals surface area contributed by atoms with Gasteiger partial charge in [-0.15, -0.1) is 0 Å². The topological polar surface area (TPSA) is 56.8 Å². The molecule has 0 N–H and O–H groups in total. The summed E-state index contributed by atoms with van der Waals surface area (Å²) in [6.07, 6.45) is 0.386. The van der Waals surface area contributed by atoms with Crippen molar-refractivity contribution in [2.45, 2.75) is 6.42 Å². The quantitative estimate of drug-likeness (QED) is 0.778. The monoisotopic (exact) mass is 248 g/mol. The Kier molecular flexibility index (Phi) is 4.16. The molecule has 19 heavy (non-hydrogen) atoms. The zero-order chi connectivity index (χ0) is 13.5. The van der Waals surface area contributed by atoms with E-state index in [1.807, 2.05) is 42.5 Å². The number of benzene rings is 2. The predicted octanol–water partition coefficient (Wildman–Crippen LogP) is 3.52. The average molecular weight is 248 g/mol. The molecule has 0 radical (unpaired) electrons. The minimum Gasteiger partial charge on any atom is -0.493 e. The molecule has 0 amide bonds. The van der Waals surface area contributed by atoms with Gasteiger partial charge >= 0.3 is 0 Å². The van der Waals surface area contributed by atoms with Crippen molar-refractivity contribution < 1.29 is 4.74 Å². The van der Waals surface area contributed by atoms with Gasteiger partial charge in [0, 0.05) is 0 Å². The Labute approximate surface area is 112 Å². The minimum atomic E-state index is 0.386. The molecule has 0 aromatic heterocycles. The number of nitriles is 2. The summed E-state index contributed by atoms with van der Waals surface area (Å²) in [5, 5.41) is 17.2. The Hall–Kier alpha value is -2.78. The maximum Gasteiger partial charge on any atom is 0.119 e. The minimum absolute atomic E-state index is 0.386. The summed E-state index contributed by atoms with van der Waals surface area (Å²) in [6.45, 7) is 0.409. The van der Waals surface area contributed by atoms with E-state index in [0.717, 1.165) is 16.9 Å². The third kappa shape index (κ3) is 3.34. The lowest BCUT2D eigenvalue weighted by Crippen LogP contribution is -1.95. The summed E-state index contributed by atoms with van der Waals surface area (Å²) in [4.78, 5) is 0. The SMILES string of the molecule is N#CCCOc1ccc(-c2ccc(C#N)cc2)cc1. The Balaban J connectivity index is 2.09. The lowest BCUT2D eigenvalue weighted by Gasteiger charge is -2.05. The molecule has 2 aromatic carbocycles. The summed E-state index contributed by atoms with van der Waals surface area (Å²) < 4.78 is 5.41. The van der Waals surface area contributed by atoms with Crippen LogP contribution in [-0.4, -0.2) is 6.61 Å². The van der Waals surface area contributed by atoms with Gasteiger partial charge in [-0.05, 0) is 35.4 Å². The molecule has 0 heterocycles. The molecule has 0 aliphatic carbocycles. The normalized spacial score (nSPS) is 9.37. The summed E-state index contributed by atoms with van der Waals surface area (Å²) in [7, 11) is 0. The summed E-state index contributed by atoms with van der Waals surface area (Å²) in [5.41, 5.74) is 2.78. The van der Waals surface area contributed by atoms with Crippen LogP contribution in [0.15, 0.2) is 48.5 Å². The van der Waals surface area contributed by atoms with Gasteiger partial charge in [0.2, 0.25) is 0 Å². The van der Waals surface area contributed by atoms with E-state index in [4.69, 9.17) is 15.3 Å². The van der Waals surface area contributed by atoms with Crippen molar-refractivity contribution in [3.8, 4) is 29.0 Å². The van der Waals surface area contributed by atoms with Crippen molar-refractivity contribution in [2.24, 2.45) is 0 Å². The Bertz CT molecular complexity index is 616. The second-order valence-corrected chi connectivity index (χ2v) is 3.97. The molecule has 3 nitrogen and oxygen atoms in total. The van der Waals surface area contributed by atoms with Crippen LogP contribution in [0, 0.1) is 22.7 Å². The Morgan fingerprint density at radius 1 is 0.842 bits per heavy atom. The fourth-order valence-electron chi connectivity index (χ4n) is 1.70. The first-order valence-corrected chi connectivity index (χ1v) is 5.94. The molecule has 3 heteroatoms. The Morgan fingerprint density at radius 3 is 1.95 bits per heavy atom. The molecule has 2 rings (SSSR count). The van der Waals surface area contributed by atoms with Crippen molar-refractivity contribution >= 4 is 0 Å². The predicted molar refractivity (Wildman–Crippen MR) is 72.3 cm³/mol. The number of hydrogen-bond acceptors (Lipinski definition) is 3. The van der Waals surface area contributed by atoms with Crippen LogP contribution < -0.4 is 4.74 Å². The van der Waals surface area contributed by atoms with Gasteiger partial charge < -0.3 is 4.74 Å². The summed E-state index contributed by atoms with van der Waals surface area (Å²) in [5.74, 6) is 0.757. The van der Waals surface area contributed by atoms with Crippen LogP contribution in [-0.2, 0) is 0 Å². The molecule has 0 unspecified atom stereocenters. The van der Waals surface area contributed by atoms with Crippen molar-refractivity contribution in [1.82, 2.24) is 0 Å². The van der Waals surface area contributed by atoms with E-state index < -0.39 is 0 Å². The first kappa shape index (κ1) is 12.7. The molecule has 92 valence electrons. The van der Waals surface area contributed by atoms with Crippen LogP contribution in [0.3, 0.4) is 0 Å². The highest BCUT2D eigenvalue weighted by Crippen LogP contribution is 2.22. The number of hydrogen-bond donors (Lipinski definition) is 0. The van der Waals surface area contributed by atoms with E-state index in [-0.39, 0.29) is 0 Å². The standard InChI is InChI=1S/C16H12N2O/c17-10-1-11-19-16-8-6-15(7-9-16)14-4-2-13(12-18)3-5-14/h2-9H,1,11H2. The highest BCUT2D eigenvalue weighted by atomic mass is 16.5. The van der Waals surface area contributed by atoms with Crippen LogP contribution in [0.5, 0.6) is 5.75 Å². The lowest BCUT2D eigenvalue weighted by atomic mass is 10.0. The van der Waals surface area contributed by atoms with Crippen LogP contribution in [0.4, 0.5) is 0 Å². The van der Waals surface area contributed by atoms with Crippen LogP contribution in [0.25, 0.3) is 11.1 Å². The third-order valence-electron chi connectivity index (χ3n) is 2.68. The molecular formula is C16H12N2O. The fraction of sp³-hybridized carbons (Fsp3) is 0.125. The molecule has 2 aromatic rings. The molecular weight excluding hydrogens is 236 g/mol. The smallest absolute Gasteiger partial charge is 0.119 e. The van der Waals surface area contributed by atoms with Crippen LogP contribution in [0.2, 0.25) is 0 Å². The van der Waals surface area contributed by atoms with E-state index in [2.05, 4.69) is 6.07 Å². The highest BCUT2D eigenvalue weighted by Gasteiger charge is 1.99. The fourth-order valence-corrected chi connectivity index (χ4v) is 1.70. The van der Waals surface area contributed by atoms with Gasteiger partial charge in [-0.25, -0.2) is 0 Å². The van der Waals surface area contributed by atoms with E-state index in [9.17, 15) is 0 Å². The van der Waals surface area contributed by atoms with E-state index in [1.165, 1.54) is 0 Å². The summed E-state index contributed by atoms with van der Waals surface area (Å²) >= 11 is 0. The second kappa shape index (κ2) is 6.23. The molecule has 0 spiro atoms. The molecule has 0 saturated heterocycles. The lowest BCUT2D eigenvalue weighted by molar-refractivity contribution is 0.326. The third-order valence-corrected chi connectivity index (χ3v) is 2.68. The molecule has 0 atom stereocenters. The van der Waals surface area contributed by atoms with E-state index >= 15 is 0 Å². The zero-order valence-corrected chi connectivity index (χ0v) is 10.3.